The highest BCUT2D eigenvalue weighted by Crippen LogP contribution is 2.31. The molecule has 3 heterocycles. The SMILES string of the molecule is O=C(N1CCOCC1)N1CCCC[C@@H]1c1nc2ccc(F)cc2[nH]1. The van der Waals surface area contributed by atoms with Crippen LogP contribution in [0.2, 0.25) is 0 Å². The molecule has 2 aliphatic heterocycles. The number of halogens is 1. The van der Waals surface area contributed by atoms with Gasteiger partial charge in [0.2, 0.25) is 0 Å². The Hall–Kier alpha value is -2.15. The minimum absolute atomic E-state index is 0.0506. The molecule has 1 aromatic heterocycles. The van der Waals surface area contributed by atoms with Crippen LogP contribution >= 0.6 is 0 Å². The second-order valence-electron chi connectivity index (χ2n) is 6.37. The van der Waals surface area contributed by atoms with E-state index in [1.807, 2.05) is 9.80 Å². The van der Waals surface area contributed by atoms with Gasteiger partial charge in [0.05, 0.1) is 30.3 Å². The van der Waals surface area contributed by atoms with Gasteiger partial charge in [0.15, 0.2) is 0 Å². The number of hydrogen-bond donors (Lipinski definition) is 1. The lowest BCUT2D eigenvalue weighted by Gasteiger charge is -2.39. The number of ether oxygens (including phenoxy) is 1. The Morgan fingerprint density at radius 3 is 2.92 bits per heavy atom. The summed E-state index contributed by atoms with van der Waals surface area (Å²) in [7, 11) is 0. The number of carbonyl (C=O) groups is 1. The molecule has 0 saturated carbocycles. The number of aromatic nitrogens is 2. The first-order valence-electron chi connectivity index (χ1n) is 8.51. The number of rotatable bonds is 1. The van der Waals surface area contributed by atoms with E-state index < -0.39 is 0 Å². The van der Waals surface area contributed by atoms with Crippen molar-refractivity contribution in [3.8, 4) is 0 Å². The van der Waals surface area contributed by atoms with Gasteiger partial charge < -0.3 is 19.5 Å². The van der Waals surface area contributed by atoms with E-state index in [2.05, 4.69) is 9.97 Å². The highest BCUT2D eigenvalue weighted by molar-refractivity contribution is 5.77. The summed E-state index contributed by atoms with van der Waals surface area (Å²) >= 11 is 0. The number of hydrogen-bond acceptors (Lipinski definition) is 3. The molecular formula is C17H21FN4O2. The second kappa shape index (κ2) is 6.39. The number of aromatic amines is 1. The Morgan fingerprint density at radius 2 is 2.08 bits per heavy atom. The van der Waals surface area contributed by atoms with Crippen molar-refractivity contribution >= 4 is 17.1 Å². The Kier molecular flexibility index (Phi) is 4.10. The predicted octanol–water partition coefficient (Wildman–Crippen LogP) is 2.68. The van der Waals surface area contributed by atoms with E-state index in [1.54, 1.807) is 6.07 Å². The van der Waals surface area contributed by atoms with Crippen molar-refractivity contribution in [3.05, 3.63) is 29.8 Å². The number of carbonyl (C=O) groups excluding carboxylic acids is 1. The molecule has 0 unspecified atom stereocenters. The van der Waals surface area contributed by atoms with Crippen LogP contribution in [-0.4, -0.2) is 58.6 Å². The van der Waals surface area contributed by atoms with Crippen LogP contribution in [0.25, 0.3) is 11.0 Å². The summed E-state index contributed by atoms with van der Waals surface area (Å²) in [5.41, 5.74) is 1.41. The summed E-state index contributed by atoms with van der Waals surface area (Å²) in [6.45, 7) is 3.18. The molecule has 6 nitrogen and oxygen atoms in total. The van der Waals surface area contributed by atoms with Crippen LogP contribution < -0.4 is 0 Å². The van der Waals surface area contributed by atoms with Crippen molar-refractivity contribution in [1.82, 2.24) is 19.8 Å². The van der Waals surface area contributed by atoms with Crippen LogP contribution in [0.15, 0.2) is 18.2 Å². The molecule has 0 radical (unpaired) electrons. The molecule has 1 aromatic carbocycles. The lowest BCUT2D eigenvalue weighted by atomic mass is 10.0. The number of benzene rings is 1. The topological polar surface area (TPSA) is 61.5 Å². The third kappa shape index (κ3) is 2.84. The van der Waals surface area contributed by atoms with Crippen molar-refractivity contribution in [3.63, 3.8) is 0 Å². The van der Waals surface area contributed by atoms with Crippen molar-refractivity contribution in [2.45, 2.75) is 25.3 Å². The summed E-state index contributed by atoms with van der Waals surface area (Å²) in [5.74, 6) is 0.458. The fourth-order valence-electron chi connectivity index (χ4n) is 3.54. The fourth-order valence-corrected chi connectivity index (χ4v) is 3.54. The third-order valence-corrected chi connectivity index (χ3v) is 4.81. The predicted molar refractivity (Wildman–Crippen MR) is 87.1 cm³/mol. The number of nitrogens with zero attached hydrogens (tertiary/aromatic N) is 3. The van der Waals surface area contributed by atoms with Crippen molar-refractivity contribution in [1.29, 1.82) is 0 Å². The average molecular weight is 332 g/mol. The summed E-state index contributed by atoms with van der Waals surface area (Å²) in [5, 5.41) is 0. The van der Waals surface area contributed by atoms with Gasteiger partial charge in [-0.25, -0.2) is 14.2 Å². The summed E-state index contributed by atoms with van der Waals surface area (Å²) in [6, 6.07) is 4.49. The Morgan fingerprint density at radius 1 is 1.25 bits per heavy atom. The molecule has 1 atom stereocenters. The van der Waals surface area contributed by atoms with Crippen LogP contribution in [0.1, 0.15) is 31.1 Å². The van der Waals surface area contributed by atoms with E-state index in [0.717, 1.165) is 37.1 Å². The molecule has 2 saturated heterocycles. The van der Waals surface area contributed by atoms with E-state index in [9.17, 15) is 9.18 Å². The highest BCUT2D eigenvalue weighted by Gasteiger charge is 2.33. The number of morpholine rings is 1. The number of nitrogens with one attached hydrogen (secondary N) is 1. The van der Waals surface area contributed by atoms with Crippen molar-refractivity contribution in [2.75, 3.05) is 32.8 Å². The minimum Gasteiger partial charge on any atom is -0.378 e. The average Bonchev–Trinajstić information content (AvgIpc) is 3.05. The molecule has 1 N–H and O–H groups in total. The van der Waals surface area contributed by atoms with Gasteiger partial charge in [0.1, 0.15) is 11.6 Å². The summed E-state index contributed by atoms with van der Waals surface area (Å²) < 4.78 is 18.7. The standard InChI is InChI=1S/C17H21FN4O2/c18-12-4-5-13-14(11-12)20-16(19-13)15-3-1-2-6-22(15)17(23)21-7-9-24-10-8-21/h4-5,11,15H,1-3,6-10H2,(H,19,20)/t15-/m1/s1. The quantitative estimate of drug-likeness (QED) is 0.873. The first kappa shape index (κ1) is 15.4. The van der Waals surface area contributed by atoms with Gasteiger partial charge in [-0.15, -0.1) is 0 Å². The van der Waals surface area contributed by atoms with Gasteiger partial charge in [-0.05, 0) is 37.5 Å². The fraction of sp³-hybridized carbons (Fsp3) is 0.529. The Balaban J connectivity index is 1.61. The lowest BCUT2D eigenvalue weighted by Crippen LogP contribution is -2.50. The molecule has 0 aliphatic carbocycles. The van der Waals surface area contributed by atoms with E-state index in [-0.39, 0.29) is 17.9 Å². The van der Waals surface area contributed by atoms with E-state index in [1.165, 1.54) is 12.1 Å². The monoisotopic (exact) mass is 332 g/mol. The highest BCUT2D eigenvalue weighted by atomic mass is 19.1. The zero-order valence-corrected chi connectivity index (χ0v) is 13.5. The molecule has 2 fully saturated rings. The summed E-state index contributed by atoms with van der Waals surface area (Å²) in [4.78, 5) is 24.5. The molecular weight excluding hydrogens is 311 g/mol. The molecule has 128 valence electrons. The summed E-state index contributed by atoms with van der Waals surface area (Å²) in [6.07, 6.45) is 2.93. The van der Waals surface area contributed by atoms with Crippen LogP contribution in [0.3, 0.4) is 0 Å². The van der Waals surface area contributed by atoms with Crippen LogP contribution in [0, 0.1) is 5.82 Å². The number of imidazole rings is 1. The molecule has 0 spiro atoms. The number of H-pyrrole nitrogens is 1. The number of fused-ring (bicyclic) bond motifs is 1. The maximum Gasteiger partial charge on any atom is 0.320 e. The van der Waals surface area contributed by atoms with Gasteiger partial charge >= 0.3 is 6.03 Å². The Bertz CT molecular complexity index is 741. The second-order valence-corrected chi connectivity index (χ2v) is 6.37. The molecule has 24 heavy (non-hydrogen) atoms. The largest absolute Gasteiger partial charge is 0.378 e. The smallest absolute Gasteiger partial charge is 0.320 e. The first-order valence-corrected chi connectivity index (χ1v) is 8.51. The molecule has 4 rings (SSSR count). The molecule has 2 aromatic rings. The normalized spacial score (nSPS) is 22.1. The van der Waals surface area contributed by atoms with Crippen LogP contribution in [-0.2, 0) is 4.74 Å². The van der Waals surface area contributed by atoms with Gasteiger partial charge in [-0.3, -0.25) is 0 Å². The Labute approximate surface area is 139 Å². The van der Waals surface area contributed by atoms with Gasteiger partial charge in [-0.1, -0.05) is 0 Å². The van der Waals surface area contributed by atoms with E-state index >= 15 is 0 Å². The third-order valence-electron chi connectivity index (χ3n) is 4.81. The molecule has 7 heteroatoms. The van der Waals surface area contributed by atoms with Crippen LogP contribution in [0.4, 0.5) is 9.18 Å². The zero-order valence-electron chi connectivity index (χ0n) is 13.5. The maximum atomic E-state index is 13.4. The van der Waals surface area contributed by atoms with Gasteiger partial charge in [0, 0.05) is 19.6 Å². The van der Waals surface area contributed by atoms with E-state index in [4.69, 9.17) is 4.74 Å². The van der Waals surface area contributed by atoms with Crippen LogP contribution in [0.5, 0.6) is 0 Å². The van der Waals surface area contributed by atoms with Crippen molar-refractivity contribution < 1.29 is 13.9 Å². The number of likely N-dealkylation sites (tertiary alicyclic amines) is 1. The maximum absolute atomic E-state index is 13.4. The molecule has 2 amide bonds. The van der Waals surface area contributed by atoms with Crippen molar-refractivity contribution in [2.24, 2.45) is 0 Å². The number of piperidine rings is 1. The van der Waals surface area contributed by atoms with E-state index in [0.29, 0.717) is 31.8 Å². The minimum atomic E-state index is -0.289. The molecule has 2 aliphatic rings. The van der Waals surface area contributed by atoms with Gasteiger partial charge in [0.25, 0.3) is 0 Å². The number of urea groups is 1. The molecule has 0 bridgehead atoms. The van der Waals surface area contributed by atoms with Gasteiger partial charge in [-0.2, -0.15) is 0 Å². The number of amides is 2. The lowest BCUT2D eigenvalue weighted by molar-refractivity contribution is 0.0349. The first-order chi connectivity index (χ1) is 11.7. The zero-order chi connectivity index (χ0) is 16.5.